The normalized spacial score (nSPS) is 21.3. The molecule has 0 bridgehead atoms. The largest absolute Gasteiger partial charge is 0.478 e. The summed E-state index contributed by atoms with van der Waals surface area (Å²) in [5.74, 6) is -0.412. The van der Waals surface area contributed by atoms with Crippen LogP contribution in [-0.2, 0) is 10.5 Å². The molecule has 2 aromatic rings. The molecule has 138 valence electrons. The third-order valence-electron chi connectivity index (χ3n) is 5.07. The Balaban J connectivity index is 1.56. The van der Waals surface area contributed by atoms with E-state index in [1.165, 1.54) is 0 Å². The molecule has 1 atom stereocenters. The monoisotopic (exact) mass is 362 g/mol. The average molecular weight is 362 g/mol. The summed E-state index contributed by atoms with van der Waals surface area (Å²) in [6.45, 7) is 0. The highest BCUT2D eigenvalue weighted by molar-refractivity contribution is 5.95. The Labute approximate surface area is 158 Å². The molecule has 0 radical (unpaired) electrons. The van der Waals surface area contributed by atoms with Gasteiger partial charge in [0, 0.05) is 18.9 Å². The number of methoxy groups -OCH3 is 1. The fourth-order valence-corrected chi connectivity index (χ4v) is 3.35. The number of carboxylic acid groups (broad SMARTS) is 1. The van der Waals surface area contributed by atoms with Gasteiger partial charge in [-0.25, -0.2) is 4.79 Å². The van der Waals surface area contributed by atoms with Gasteiger partial charge in [0.15, 0.2) is 5.72 Å². The van der Waals surface area contributed by atoms with Crippen molar-refractivity contribution in [3.8, 4) is 0 Å². The minimum atomic E-state index is -0.927. The van der Waals surface area contributed by atoms with Crippen molar-refractivity contribution >= 4 is 11.7 Å². The zero-order chi connectivity index (χ0) is 18.9. The number of nitrogens with one attached hydrogen (secondary N) is 2. The van der Waals surface area contributed by atoms with Gasteiger partial charge in [0.2, 0.25) is 0 Å². The summed E-state index contributed by atoms with van der Waals surface area (Å²) in [5, 5.41) is 16.1. The Hall–Kier alpha value is -3.05. The van der Waals surface area contributed by atoms with Crippen LogP contribution in [0.2, 0.25) is 0 Å². The van der Waals surface area contributed by atoms with E-state index in [0.29, 0.717) is 17.2 Å². The molecule has 1 heterocycles. The maximum Gasteiger partial charge on any atom is 0.337 e. The molecule has 27 heavy (non-hydrogen) atoms. The number of aromatic carboxylic acids is 1. The Morgan fingerprint density at radius 3 is 2.59 bits per heavy atom. The van der Waals surface area contributed by atoms with E-state index in [4.69, 9.17) is 4.74 Å². The lowest BCUT2D eigenvalue weighted by Crippen LogP contribution is -2.41. The number of ether oxygens (including phenoxy) is 1. The number of anilines is 1. The molecule has 0 saturated heterocycles. The number of hydrogen-bond acceptors (Lipinski definition) is 4. The summed E-state index contributed by atoms with van der Waals surface area (Å²) in [6, 6.07) is 15.5. The van der Waals surface area contributed by atoms with Crippen LogP contribution >= 0.6 is 0 Å². The van der Waals surface area contributed by atoms with Crippen LogP contribution in [0, 0.1) is 0 Å². The molecule has 0 aromatic heterocycles. The summed E-state index contributed by atoms with van der Waals surface area (Å²) >= 11 is 0. The molecular formula is C22H22N2O3. The number of rotatable bonds is 6. The van der Waals surface area contributed by atoms with Crippen molar-refractivity contribution < 1.29 is 14.6 Å². The van der Waals surface area contributed by atoms with Gasteiger partial charge in [0.1, 0.15) is 0 Å². The van der Waals surface area contributed by atoms with Gasteiger partial charge in [-0.3, -0.25) is 0 Å². The van der Waals surface area contributed by atoms with Crippen molar-refractivity contribution in [3.05, 3.63) is 89.3 Å². The molecule has 0 spiro atoms. The summed E-state index contributed by atoms with van der Waals surface area (Å²) in [4.78, 5) is 11.7. The SMILES string of the molecule is COC1(c2ccccc2)C=CC(Nc2ccc(C3CC3)cc2C(=O)O)=CN1. The van der Waals surface area contributed by atoms with Gasteiger partial charge in [0.05, 0.1) is 16.9 Å². The molecule has 1 fully saturated rings. The maximum absolute atomic E-state index is 11.7. The zero-order valence-corrected chi connectivity index (χ0v) is 15.1. The smallest absolute Gasteiger partial charge is 0.337 e. The van der Waals surface area contributed by atoms with Gasteiger partial charge in [0.25, 0.3) is 0 Å². The van der Waals surface area contributed by atoms with Crippen molar-refractivity contribution in [1.82, 2.24) is 5.32 Å². The number of carboxylic acids is 1. The summed E-state index contributed by atoms with van der Waals surface area (Å²) in [5.41, 5.74) is 2.98. The van der Waals surface area contributed by atoms with Crippen LogP contribution in [0.3, 0.4) is 0 Å². The zero-order valence-electron chi connectivity index (χ0n) is 15.1. The van der Waals surface area contributed by atoms with Crippen molar-refractivity contribution in [2.45, 2.75) is 24.5 Å². The standard InChI is InChI=1S/C22H22N2O3/c1-27-22(17-5-3-2-4-6-17)12-11-18(14-23-22)24-20-10-9-16(15-7-8-15)13-19(20)21(25)26/h2-6,9-15,23-24H,7-8H2,1H3,(H,25,26). The first-order valence-electron chi connectivity index (χ1n) is 9.03. The number of carbonyl (C=O) groups is 1. The van der Waals surface area contributed by atoms with Gasteiger partial charge >= 0.3 is 5.97 Å². The molecular weight excluding hydrogens is 340 g/mol. The molecule has 3 N–H and O–H groups in total. The van der Waals surface area contributed by atoms with Gasteiger partial charge in [-0.05, 0) is 48.6 Å². The van der Waals surface area contributed by atoms with Crippen molar-refractivity contribution in [2.24, 2.45) is 0 Å². The average Bonchev–Trinajstić information content (AvgIpc) is 3.55. The van der Waals surface area contributed by atoms with Crippen molar-refractivity contribution in [1.29, 1.82) is 0 Å². The first-order chi connectivity index (χ1) is 13.1. The first kappa shape index (κ1) is 17.4. The van der Waals surface area contributed by atoms with E-state index >= 15 is 0 Å². The number of hydrogen-bond donors (Lipinski definition) is 3. The van der Waals surface area contributed by atoms with Gasteiger partial charge in [-0.15, -0.1) is 0 Å². The Kier molecular flexibility index (Phi) is 4.46. The number of allylic oxidation sites excluding steroid dienone is 1. The predicted molar refractivity (Wildman–Crippen MR) is 104 cm³/mol. The lowest BCUT2D eigenvalue weighted by atomic mass is 9.99. The first-order valence-corrected chi connectivity index (χ1v) is 9.03. The van der Waals surface area contributed by atoms with Crippen LogP contribution in [0.1, 0.15) is 40.2 Å². The Morgan fingerprint density at radius 1 is 1.22 bits per heavy atom. The van der Waals surface area contributed by atoms with E-state index in [9.17, 15) is 9.90 Å². The van der Waals surface area contributed by atoms with Crippen LogP contribution in [0.15, 0.2) is 72.6 Å². The fourth-order valence-electron chi connectivity index (χ4n) is 3.35. The second-order valence-electron chi connectivity index (χ2n) is 6.89. The molecule has 0 amide bonds. The quantitative estimate of drug-likeness (QED) is 0.719. The second kappa shape index (κ2) is 6.93. The molecule has 1 aliphatic heterocycles. The van der Waals surface area contributed by atoms with Crippen molar-refractivity contribution in [2.75, 3.05) is 12.4 Å². The maximum atomic E-state index is 11.7. The summed E-state index contributed by atoms with van der Waals surface area (Å²) < 4.78 is 5.71. The molecule has 5 heteroatoms. The number of dihydropyridines is 1. The third-order valence-corrected chi connectivity index (χ3v) is 5.07. The lowest BCUT2D eigenvalue weighted by molar-refractivity contribution is 0.00887. The molecule has 1 unspecified atom stereocenters. The number of benzene rings is 2. The van der Waals surface area contributed by atoms with Gasteiger partial charge < -0.3 is 20.5 Å². The third kappa shape index (κ3) is 3.46. The van der Waals surface area contributed by atoms with Gasteiger partial charge in [-0.2, -0.15) is 0 Å². The van der Waals surface area contributed by atoms with Crippen LogP contribution < -0.4 is 10.6 Å². The van der Waals surface area contributed by atoms with Crippen LogP contribution in [0.5, 0.6) is 0 Å². The van der Waals surface area contributed by atoms with E-state index in [1.54, 1.807) is 19.4 Å². The molecule has 2 aromatic carbocycles. The molecule has 4 rings (SSSR count). The summed E-state index contributed by atoms with van der Waals surface area (Å²) in [6.07, 6.45) is 7.90. The van der Waals surface area contributed by atoms with E-state index in [-0.39, 0.29) is 0 Å². The van der Waals surface area contributed by atoms with E-state index in [1.807, 2.05) is 54.6 Å². The minimum Gasteiger partial charge on any atom is -0.478 e. The molecule has 1 saturated carbocycles. The lowest BCUT2D eigenvalue weighted by Gasteiger charge is -2.33. The second-order valence-corrected chi connectivity index (χ2v) is 6.89. The molecule has 5 nitrogen and oxygen atoms in total. The highest BCUT2D eigenvalue weighted by atomic mass is 16.5. The van der Waals surface area contributed by atoms with Crippen LogP contribution in [0.25, 0.3) is 0 Å². The van der Waals surface area contributed by atoms with E-state index < -0.39 is 11.7 Å². The van der Waals surface area contributed by atoms with E-state index in [2.05, 4.69) is 10.6 Å². The Morgan fingerprint density at radius 2 is 2.00 bits per heavy atom. The highest BCUT2D eigenvalue weighted by Gasteiger charge is 2.30. The molecule has 1 aliphatic carbocycles. The topological polar surface area (TPSA) is 70.6 Å². The Bertz CT molecular complexity index is 916. The fraction of sp³-hybridized carbons (Fsp3) is 0.227. The minimum absolute atomic E-state index is 0.292. The predicted octanol–water partition coefficient (Wildman–Crippen LogP) is 4.17. The van der Waals surface area contributed by atoms with Crippen molar-refractivity contribution in [3.63, 3.8) is 0 Å². The van der Waals surface area contributed by atoms with E-state index in [0.717, 1.165) is 29.7 Å². The highest BCUT2D eigenvalue weighted by Crippen LogP contribution is 2.41. The summed E-state index contributed by atoms with van der Waals surface area (Å²) in [7, 11) is 1.65. The van der Waals surface area contributed by atoms with Crippen LogP contribution in [-0.4, -0.2) is 18.2 Å². The van der Waals surface area contributed by atoms with Gasteiger partial charge in [-0.1, -0.05) is 36.4 Å². The van der Waals surface area contributed by atoms with Crippen LogP contribution in [0.4, 0.5) is 5.69 Å². The molecule has 2 aliphatic rings.